The van der Waals surface area contributed by atoms with Gasteiger partial charge in [0.2, 0.25) is 0 Å². The van der Waals surface area contributed by atoms with E-state index >= 15 is 0 Å². The van der Waals surface area contributed by atoms with Crippen LogP contribution in [-0.2, 0) is 9.59 Å². The van der Waals surface area contributed by atoms with Gasteiger partial charge in [0.25, 0.3) is 17.5 Å². The van der Waals surface area contributed by atoms with E-state index in [4.69, 9.17) is 5.73 Å². The maximum Gasteiger partial charge on any atom is 0.328 e. The molecule has 0 aromatic carbocycles. The Morgan fingerprint density at radius 2 is 1.80 bits per heavy atom. The van der Waals surface area contributed by atoms with E-state index in [1.54, 1.807) is 10.6 Å². The molecule has 1 heterocycles. The van der Waals surface area contributed by atoms with E-state index in [0.717, 1.165) is 0 Å². The van der Waals surface area contributed by atoms with E-state index in [-0.39, 0.29) is 5.11 Å². The molecule has 1 fully saturated rings. The van der Waals surface area contributed by atoms with Crippen LogP contribution in [0.4, 0.5) is 4.79 Å². The summed E-state index contributed by atoms with van der Waals surface area (Å²) in [5.74, 6) is -2.47. The summed E-state index contributed by atoms with van der Waals surface area (Å²) in [4.78, 5) is 32.9. The van der Waals surface area contributed by atoms with Gasteiger partial charge in [-0.15, -0.1) is 0 Å². The van der Waals surface area contributed by atoms with Gasteiger partial charge >= 0.3 is 6.03 Å². The highest BCUT2D eigenvalue weighted by Crippen LogP contribution is 2.03. The first-order valence-corrected chi connectivity index (χ1v) is 3.99. The minimum atomic E-state index is -2.64. The molecule has 15 heavy (non-hydrogen) atoms. The van der Waals surface area contributed by atoms with Gasteiger partial charge in [-0.25, -0.2) is 4.79 Å². The second kappa shape index (κ2) is 3.76. The number of carbonyl (C=O) groups is 3. The maximum absolute atomic E-state index is 11.1. The van der Waals surface area contributed by atoms with E-state index in [0.29, 0.717) is 0 Å². The molecule has 10 heteroatoms. The Morgan fingerprint density at radius 3 is 2.20 bits per heavy atom. The smallest absolute Gasteiger partial charge is 0.328 e. The number of nitrogens with two attached hydrogens (primary N) is 1. The van der Waals surface area contributed by atoms with Crippen LogP contribution in [-0.4, -0.2) is 33.8 Å². The number of carbonyl (C=O) groups excluding carboxylic acids is 3. The molecule has 0 unspecified atom stereocenters. The van der Waals surface area contributed by atoms with Crippen molar-refractivity contribution in [3.05, 3.63) is 0 Å². The fourth-order valence-corrected chi connectivity index (χ4v) is 0.838. The highest BCUT2D eigenvalue weighted by molar-refractivity contribution is 7.80. The van der Waals surface area contributed by atoms with Crippen LogP contribution in [0.5, 0.6) is 0 Å². The number of thiocarbonyl (C=S) groups is 1. The van der Waals surface area contributed by atoms with Gasteiger partial charge in [0, 0.05) is 0 Å². The fourth-order valence-electron chi connectivity index (χ4n) is 0.787. The normalized spacial score (nSPS) is 19.1. The molecule has 0 bridgehead atoms. The average molecular weight is 233 g/mol. The van der Waals surface area contributed by atoms with Crippen molar-refractivity contribution in [3.8, 4) is 0 Å². The maximum atomic E-state index is 11.1. The first-order valence-electron chi connectivity index (χ1n) is 3.58. The minimum absolute atomic E-state index is 0.291. The van der Waals surface area contributed by atoms with Gasteiger partial charge in [-0.1, -0.05) is 0 Å². The van der Waals surface area contributed by atoms with Crippen LogP contribution < -0.4 is 27.2 Å². The van der Waals surface area contributed by atoms with Gasteiger partial charge in [-0.05, 0) is 12.2 Å². The van der Waals surface area contributed by atoms with Gasteiger partial charge in [0.15, 0.2) is 5.11 Å². The first-order chi connectivity index (χ1) is 6.86. The molecule has 0 spiro atoms. The first kappa shape index (κ1) is 11.3. The second-order valence-corrected chi connectivity index (χ2v) is 3.00. The SMILES string of the molecule is NC(=S)NNC1(O)C(=O)NC(=O)NC1=O. The molecule has 0 aromatic heterocycles. The summed E-state index contributed by atoms with van der Waals surface area (Å²) < 4.78 is 0. The van der Waals surface area contributed by atoms with Crippen LogP contribution in [0.15, 0.2) is 0 Å². The topological polar surface area (TPSA) is 146 Å². The lowest BCUT2D eigenvalue weighted by atomic mass is 10.1. The monoisotopic (exact) mass is 233 g/mol. The molecule has 1 aliphatic rings. The zero-order valence-corrected chi connectivity index (χ0v) is 7.97. The number of barbiturate groups is 1. The number of aliphatic hydroxyl groups is 1. The van der Waals surface area contributed by atoms with Crippen LogP contribution in [0.2, 0.25) is 0 Å². The van der Waals surface area contributed by atoms with Crippen molar-refractivity contribution < 1.29 is 19.5 Å². The van der Waals surface area contributed by atoms with Crippen molar-refractivity contribution in [3.63, 3.8) is 0 Å². The van der Waals surface area contributed by atoms with Crippen LogP contribution in [0.25, 0.3) is 0 Å². The molecule has 1 saturated heterocycles. The quantitative estimate of drug-likeness (QED) is 0.124. The summed E-state index contributed by atoms with van der Waals surface area (Å²) in [5, 5.41) is 12.6. The Hall–Kier alpha value is -1.78. The van der Waals surface area contributed by atoms with E-state index < -0.39 is 23.6 Å². The average Bonchev–Trinajstić information content (AvgIpc) is 2.11. The van der Waals surface area contributed by atoms with Crippen molar-refractivity contribution in [1.29, 1.82) is 0 Å². The van der Waals surface area contributed by atoms with Crippen LogP contribution in [0.3, 0.4) is 0 Å². The molecular formula is C5H7N5O4S. The molecule has 7 N–H and O–H groups in total. The Bertz CT molecular complexity index is 335. The Kier molecular flexibility index (Phi) is 2.83. The highest BCUT2D eigenvalue weighted by atomic mass is 32.1. The summed E-state index contributed by atoms with van der Waals surface area (Å²) in [5.41, 5.74) is 6.25. The molecule has 0 aromatic rings. The van der Waals surface area contributed by atoms with Crippen LogP contribution in [0, 0.1) is 0 Å². The lowest BCUT2D eigenvalue weighted by Gasteiger charge is -2.29. The number of hydrazine groups is 1. The van der Waals surface area contributed by atoms with Gasteiger partial charge in [0.1, 0.15) is 0 Å². The molecule has 1 aliphatic heterocycles. The van der Waals surface area contributed by atoms with Crippen molar-refractivity contribution >= 4 is 35.2 Å². The van der Waals surface area contributed by atoms with E-state index in [1.165, 1.54) is 0 Å². The molecule has 82 valence electrons. The van der Waals surface area contributed by atoms with E-state index in [9.17, 15) is 19.5 Å². The third-order valence-electron chi connectivity index (χ3n) is 1.48. The van der Waals surface area contributed by atoms with E-state index in [1.807, 2.05) is 10.9 Å². The third kappa shape index (κ3) is 2.18. The summed E-state index contributed by atoms with van der Waals surface area (Å²) >= 11 is 4.38. The molecule has 0 aliphatic carbocycles. The number of rotatable bonds is 2. The Balaban J connectivity index is 2.80. The van der Waals surface area contributed by atoms with Gasteiger partial charge in [-0.2, -0.15) is 5.43 Å². The van der Waals surface area contributed by atoms with Gasteiger partial charge in [-0.3, -0.25) is 25.6 Å². The van der Waals surface area contributed by atoms with Crippen molar-refractivity contribution in [2.75, 3.05) is 0 Å². The molecule has 9 nitrogen and oxygen atoms in total. The minimum Gasteiger partial charge on any atom is -0.375 e. The van der Waals surface area contributed by atoms with Crippen molar-refractivity contribution in [2.45, 2.75) is 5.72 Å². The van der Waals surface area contributed by atoms with Gasteiger partial charge < -0.3 is 10.8 Å². The van der Waals surface area contributed by atoms with Crippen molar-refractivity contribution in [2.24, 2.45) is 5.73 Å². The lowest BCUT2D eigenvalue weighted by Crippen LogP contribution is -2.75. The summed E-state index contributed by atoms with van der Waals surface area (Å²) in [6, 6.07) is -1.02. The summed E-state index contributed by atoms with van der Waals surface area (Å²) in [6.07, 6.45) is 0. The predicted octanol–water partition coefficient (Wildman–Crippen LogP) is -3.62. The fraction of sp³-hybridized carbons (Fsp3) is 0.200. The molecule has 0 atom stereocenters. The third-order valence-corrected chi connectivity index (χ3v) is 1.58. The number of urea groups is 1. The Labute approximate surface area is 88.3 Å². The highest BCUT2D eigenvalue weighted by Gasteiger charge is 2.49. The summed E-state index contributed by atoms with van der Waals surface area (Å²) in [7, 11) is 0. The molecule has 4 amide bonds. The molecule has 0 saturated carbocycles. The van der Waals surface area contributed by atoms with Gasteiger partial charge in [0.05, 0.1) is 0 Å². The second-order valence-electron chi connectivity index (χ2n) is 2.56. The zero-order valence-electron chi connectivity index (χ0n) is 7.16. The summed E-state index contributed by atoms with van der Waals surface area (Å²) in [6.45, 7) is 0. The van der Waals surface area contributed by atoms with Crippen LogP contribution in [0.1, 0.15) is 0 Å². The number of nitrogens with one attached hydrogen (secondary N) is 4. The molecular weight excluding hydrogens is 226 g/mol. The van der Waals surface area contributed by atoms with E-state index in [2.05, 4.69) is 12.2 Å². The predicted molar refractivity (Wildman–Crippen MR) is 49.7 cm³/mol. The largest absolute Gasteiger partial charge is 0.375 e. The number of imide groups is 2. The Morgan fingerprint density at radius 1 is 1.33 bits per heavy atom. The number of hydrogen-bond donors (Lipinski definition) is 6. The van der Waals surface area contributed by atoms with Crippen molar-refractivity contribution in [1.82, 2.24) is 21.5 Å². The molecule has 1 rings (SSSR count). The standard InChI is InChI=1S/C5H7N5O4S/c6-3(15)9-10-5(14)1(11)7-4(13)8-2(5)12/h10,14H,(H3,6,9,15)(H2,7,8,11,12,13). The zero-order chi connectivity index (χ0) is 11.6. The number of hydrogen-bond acceptors (Lipinski definition) is 6. The lowest BCUT2D eigenvalue weighted by molar-refractivity contribution is -0.159. The number of amides is 4. The van der Waals surface area contributed by atoms with Crippen LogP contribution >= 0.6 is 12.2 Å². The molecule has 0 radical (unpaired) electrons.